The third-order valence-electron chi connectivity index (χ3n) is 1.09. The molecular formula is C7H8N2O4. The van der Waals surface area contributed by atoms with E-state index in [2.05, 4.69) is 14.7 Å². The van der Waals surface area contributed by atoms with Gasteiger partial charge in [-0.3, -0.25) is 4.79 Å². The van der Waals surface area contributed by atoms with Crippen molar-refractivity contribution < 1.29 is 19.1 Å². The molecule has 0 aromatic rings. The van der Waals surface area contributed by atoms with E-state index in [9.17, 15) is 14.4 Å². The average molecular weight is 184 g/mol. The Morgan fingerprint density at radius 3 is 2.69 bits per heavy atom. The van der Waals surface area contributed by atoms with Gasteiger partial charge in [0.05, 0.1) is 12.5 Å². The van der Waals surface area contributed by atoms with Crippen LogP contribution >= 0.6 is 0 Å². The van der Waals surface area contributed by atoms with Crippen LogP contribution in [0.5, 0.6) is 0 Å². The summed E-state index contributed by atoms with van der Waals surface area (Å²) in [6, 6.07) is -0.467. The molecule has 70 valence electrons. The minimum atomic E-state index is -0.578. The maximum atomic E-state index is 10.8. The molecule has 0 rings (SSSR count). The summed E-state index contributed by atoms with van der Waals surface area (Å²) in [6.07, 6.45) is 2.50. The first kappa shape index (κ1) is 11.2. The number of esters is 1. The van der Waals surface area contributed by atoms with E-state index in [1.165, 1.54) is 12.2 Å². The molecule has 0 N–H and O–H groups in total. The molecule has 0 saturated carbocycles. The summed E-state index contributed by atoms with van der Waals surface area (Å²) in [5.74, 6) is -0.578. The van der Waals surface area contributed by atoms with Gasteiger partial charge in [0.25, 0.3) is 0 Å². The maximum absolute atomic E-state index is 10.8. The molecule has 0 aliphatic carbocycles. The molecule has 0 fully saturated rings. The summed E-state index contributed by atoms with van der Waals surface area (Å²) in [5.41, 5.74) is 0. The zero-order valence-corrected chi connectivity index (χ0v) is 7.02. The number of hydrogen-bond donors (Lipinski definition) is 0. The van der Waals surface area contributed by atoms with Gasteiger partial charge >= 0.3 is 5.97 Å². The van der Waals surface area contributed by atoms with Gasteiger partial charge in [0.2, 0.25) is 12.2 Å². The van der Waals surface area contributed by atoms with Crippen LogP contribution in [-0.4, -0.2) is 30.9 Å². The number of isocyanates is 2. The van der Waals surface area contributed by atoms with Crippen molar-refractivity contribution in [3.63, 3.8) is 0 Å². The number of hydrogen-bond acceptors (Lipinski definition) is 6. The average Bonchev–Trinajstić information content (AvgIpc) is 2.05. The molecule has 0 aliphatic rings. The van der Waals surface area contributed by atoms with Crippen LogP contribution in [0, 0.1) is 0 Å². The van der Waals surface area contributed by atoms with Crippen molar-refractivity contribution >= 4 is 18.1 Å². The van der Waals surface area contributed by atoms with E-state index < -0.39 is 12.0 Å². The smallest absolute Gasteiger partial charge is 0.309 e. The highest BCUT2D eigenvalue weighted by molar-refractivity contribution is 5.70. The Morgan fingerprint density at radius 1 is 1.46 bits per heavy atom. The first-order valence-corrected chi connectivity index (χ1v) is 3.47. The molecule has 1 atom stereocenters. The monoisotopic (exact) mass is 184 g/mol. The van der Waals surface area contributed by atoms with Crippen LogP contribution in [0.4, 0.5) is 0 Å². The predicted molar refractivity (Wildman–Crippen MR) is 41.3 cm³/mol. The lowest BCUT2D eigenvalue weighted by molar-refractivity contribution is -0.143. The summed E-state index contributed by atoms with van der Waals surface area (Å²) < 4.78 is 4.44. The summed E-state index contributed by atoms with van der Waals surface area (Å²) >= 11 is 0. The largest absolute Gasteiger partial charge is 0.442 e. The van der Waals surface area contributed by atoms with E-state index in [0.717, 1.165) is 0 Å². The Hall–Kier alpha value is -1.77. The number of carbonyl (C=O) groups excluding carboxylic acids is 3. The standard InChI is InChI=1S/C7H8N2O4/c1-6(9-4-11)2-7(12)13-5-8-3-10/h6H,2,5H2,1H3. The third-order valence-corrected chi connectivity index (χ3v) is 1.09. The lowest BCUT2D eigenvalue weighted by Gasteiger charge is -2.01. The topological polar surface area (TPSA) is 85.2 Å². The number of aliphatic imine (C=N–C) groups is 2. The van der Waals surface area contributed by atoms with Crippen molar-refractivity contribution in [2.75, 3.05) is 6.73 Å². The highest BCUT2D eigenvalue weighted by atomic mass is 16.5. The Kier molecular flexibility index (Phi) is 5.97. The van der Waals surface area contributed by atoms with Crippen molar-refractivity contribution in [2.24, 2.45) is 9.98 Å². The van der Waals surface area contributed by atoms with Gasteiger partial charge in [-0.1, -0.05) is 0 Å². The van der Waals surface area contributed by atoms with Crippen molar-refractivity contribution in [1.29, 1.82) is 0 Å². The Balaban J connectivity index is 3.73. The molecule has 0 saturated heterocycles. The molecule has 0 aromatic heterocycles. The molecule has 0 heterocycles. The van der Waals surface area contributed by atoms with E-state index in [1.807, 2.05) is 0 Å². The second-order valence-electron chi connectivity index (χ2n) is 2.17. The quantitative estimate of drug-likeness (QED) is 0.340. The van der Waals surface area contributed by atoms with Gasteiger partial charge in [-0.2, -0.15) is 4.99 Å². The fraction of sp³-hybridized carbons (Fsp3) is 0.571. The third kappa shape index (κ3) is 6.62. The van der Waals surface area contributed by atoms with Gasteiger partial charge in [-0.05, 0) is 6.92 Å². The minimum absolute atomic E-state index is 0.0381. The van der Waals surface area contributed by atoms with Crippen molar-refractivity contribution in [2.45, 2.75) is 19.4 Å². The van der Waals surface area contributed by atoms with Crippen LogP contribution < -0.4 is 0 Å². The number of carbonyl (C=O) groups is 1. The second-order valence-corrected chi connectivity index (χ2v) is 2.17. The van der Waals surface area contributed by atoms with E-state index in [0.29, 0.717) is 0 Å². The molecule has 6 heteroatoms. The molecule has 0 amide bonds. The van der Waals surface area contributed by atoms with Crippen molar-refractivity contribution in [1.82, 2.24) is 0 Å². The number of rotatable bonds is 5. The van der Waals surface area contributed by atoms with Crippen LogP contribution in [-0.2, 0) is 19.1 Å². The van der Waals surface area contributed by atoms with Gasteiger partial charge < -0.3 is 4.74 Å². The van der Waals surface area contributed by atoms with E-state index in [1.54, 1.807) is 6.92 Å². The molecule has 6 nitrogen and oxygen atoms in total. The van der Waals surface area contributed by atoms with Gasteiger partial charge in [0.15, 0.2) is 6.73 Å². The zero-order valence-electron chi connectivity index (χ0n) is 7.02. The van der Waals surface area contributed by atoms with E-state index in [4.69, 9.17) is 0 Å². The normalized spacial score (nSPS) is 10.5. The van der Waals surface area contributed by atoms with Crippen LogP contribution in [0.15, 0.2) is 9.98 Å². The van der Waals surface area contributed by atoms with Crippen molar-refractivity contribution in [3.8, 4) is 0 Å². The molecule has 0 spiro atoms. The number of ether oxygens (including phenoxy) is 1. The predicted octanol–water partition coefficient (Wildman–Crippen LogP) is -0.0627. The fourth-order valence-corrected chi connectivity index (χ4v) is 0.566. The highest BCUT2D eigenvalue weighted by Gasteiger charge is 2.08. The lowest BCUT2D eigenvalue weighted by Crippen LogP contribution is -2.11. The van der Waals surface area contributed by atoms with Gasteiger partial charge in [-0.15, -0.1) is 0 Å². The molecule has 13 heavy (non-hydrogen) atoms. The Morgan fingerprint density at radius 2 is 2.15 bits per heavy atom. The molecule has 1 unspecified atom stereocenters. The second kappa shape index (κ2) is 6.91. The van der Waals surface area contributed by atoms with Crippen LogP contribution in [0.3, 0.4) is 0 Å². The first-order valence-electron chi connectivity index (χ1n) is 3.47. The lowest BCUT2D eigenvalue weighted by atomic mass is 10.2. The summed E-state index contributed by atoms with van der Waals surface area (Å²) in [6.45, 7) is 1.22. The van der Waals surface area contributed by atoms with Crippen LogP contribution in [0.1, 0.15) is 13.3 Å². The van der Waals surface area contributed by atoms with Crippen LogP contribution in [0.25, 0.3) is 0 Å². The van der Waals surface area contributed by atoms with Gasteiger partial charge in [-0.25, -0.2) is 14.6 Å². The molecular weight excluding hydrogens is 176 g/mol. The first-order chi connectivity index (χ1) is 6.20. The zero-order chi connectivity index (χ0) is 10.1. The van der Waals surface area contributed by atoms with E-state index in [-0.39, 0.29) is 13.2 Å². The molecule has 0 radical (unpaired) electrons. The summed E-state index contributed by atoms with van der Waals surface area (Å²) in [4.78, 5) is 36.4. The Labute approximate surface area is 74.3 Å². The van der Waals surface area contributed by atoms with E-state index >= 15 is 0 Å². The molecule has 0 bridgehead atoms. The van der Waals surface area contributed by atoms with Gasteiger partial charge in [0.1, 0.15) is 0 Å². The SMILES string of the molecule is CC(CC(=O)OCN=C=O)N=C=O. The highest BCUT2D eigenvalue weighted by Crippen LogP contribution is 1.97. The molecule has 0 aliphatic heterocycles. The molecule has 0 aromatic carbocycles. The minimum Gasteiger partial charge on any atom is -0.442 e. The number of nitrogens with zero attached hydrogens (tertiary/aromatic N) is 2. The van der Waals surface area contributed by atoms with Crippen LogP contribution in [0.2, 0.25) is 0 Å². The Bertz CT molecular complexity index is 264. The maximum Gasteiger partial charge on any atom is 0.309 e. The van der Waals surface area contributed by atoms with Gasteiger partial charge in [0, 0.05) is 0 Å². The van der Waals surface area contributed by atoms with Crippen molar-refractivity contribution in [3.05, 3.63) is 0 Å². The summed E-state index contributed by atoms with van der Waals surface area (Å²) in [5, 5.41) is 0. The summed E-state index contributed by atoms with van der Waals surface area (Å²) in [7, 11) is 0. The fourth-order valence-electron chi connectivity index (χ4n) is 0.566.